The van der Waals surface area contributed by atoms with Gasteiger partial charge in [0.15, 0.2) is 70.5 Å². The number of nitrogens with zero attached hydrogens (tertiary/aromatic N) is 3. The van der Waals surface area contributed by atoms with Gasteiger partial charge in [0, 0.05) is 19.6 Å². The Hall–Kier alpha value is -10.5. The molecule has 3 aromatic rings. The van der Waals surface area contributed by atoms with E-state index in [-0.39, 0.29) is 76.0 Å². The lowest BCUT2D eigenvalue weighted by atomic mass is 10.1. The molecule has 34 nitrogen and oxygen atoms in total. The van der Waals surface area contributed by atoms with Crippen molar-refractivity contribution in [3.05, 3.63) is 71.3 Å². The quantitative estimate of drug-likeness (QED) is 0.00922. The van der Waals surface area contributed by atoms with Gasteiger partial charge in [-0.3, -0.25) is 43.7 Å². The molecule has 0 saturated heterocycles. The number of carbonyl (C=O) groups excluding carboxylic acids is 8. The maximum atomic E-state index is 14.5. The zero-order valence-electron chi connectivity index (χ0n) is 46.1. The van der Waals surface area contributed by atoms with Crippen LogP contribution in [0.5, 0.6) is 34.5 Å². The first-order chi connectivity index (χ1) is 39.9. The maximum Gasteiger partial charge on any atom is 0.332 e. The van der Waals surface area contributed by atoms with Crippen LogP contribution in [-0.2, 0) is 38.2 Å². The molecule has 0 aromatic heterocycles. The van der Waals surface area contributed by atoms with E-state index in [4.69, 9.17) is 43.9 Å². The smallest absolute Gasteiger partial charge is 0.332 e. The third-order valence-corrected chi connectivity index (χ3v) is 12.2. The number of guanidine groups is 3. The lowest BCUT2D eigenvalue weighted by Crippen LogP contribution is -2.59. The first-order valence-corrected chi connectivity index (χ1v) is 25.8. The van der Waals surface area contributed by atoms with Crippen LogP contribution in [0.25, 0.3) is 0 Å². The summed E-state index contributed by atoms with van der Waals surface area (Å²) in [7, 11) is 0. The number of aliphatic hydroxyl groups excluding tert-OH is 1. The van der Waals surface area contributed by atoms with Crippen molar-refractivity contribution in [2.24, 2.45) is 49.4 Å². The standard InChI is InChI=1S/C51H71N15O19/c1-22(67)34(64-43(77)28(13-7-19-58-49(52)53)61-40(74)25-10-4-16-31(68)37(25)71)47(82)85-24(3)36(66-45(79)30(15-9-21-60-51(56)57)63-42(76)27-12-6-18-33(70)39(27)73)48(83)84-23(2)35(46(80)81)65-44(78)29(14-8-20-59-50(54)55)62-41(75)26-11-5-17-32(69)38(26)72/h4-6,10-12,16-18,22-24,28-30,34-36,67-73H,7-9,13-15,19-21H2,1-3H3,(H,61,74)(H,62,75)(H,63,76)(H,64,77)(H,65,78)(H,66,79)(H,80,81)(H4,52,53,58)(H4,54,55,59)(H4,56,57,60). The van der Waals surface area contributed by atoms with Gasteiger partial charge >= 0.3 is 17.9 Å². The first-order valence-electron chi connectivity index (χ1n) is 25.8. The molecule has 3 rings (SSSR count). The van der Waals surface area contributed by atoms with Crippen LogP contribution in [0, 0.1) is 0 Å². The van der Waals surface area contributed by atoms with Gasteiger partial charge in [-0.25, -0.2) is 14.4 Å². The topological polar surface area (TPSA) is 599 Å². The summed E-state index contributed by atoms with van der Waals surface area (Å²) in [5, 5.41) is 96.1. The van der Waals surface area contributed by atoms with E-state index in [9.17, 15) is 84.0 Å². The maximum absolute atomic E-state index is 14.5. The van der Waals surface area contributed by atoms with E-state index in [1.165, 1.54) is 18.2 Å². The number of phenolic OH excluding ortho intramolecular Hbond substituents is 6. The number of para-hydroxylation sites is 3. The number of nitrogens with one attached hydrogen (secondary N) is 6. The highest BCUT2D eigenvalue weighted by molar-refractivity contribution is 6.03. The fourth-order valence-electron chi connectivity index (χ4n) is 7.70. The van der Waals surface area contributed by atoms with Crippen molar-refractivity contribution in [2.45, 2.75) is 114 Å². The summed E-state index contributed by atoms with van der Waals surface area (Å²) in [6, 6.07) is -1.34. The minimum absolute atomic E-state index is 0.00573. The molecular formula is C51H71N15O19. The van der Waals surface area contributed by atoms with Crippen molar-refractivity contribution >= 4 is 71.2 Å². The van der Waals surface area contributed by atoms with Gasteiger partial charge in [0.05, 0.1) is 22.8 Å². The normalized spacial score (nSPS) is 14.0. The predicted molar refractivity (Wildman–Crippen MR) is 299 cm³/mol. The second kappa shape index (κ2) is 32.8. The van der Waals surface area contributed by atoms with Crippen LogP contribution in [-0.4, -0.2) is 186 Å². The van der Waals surface area contributed by atoms with Gasteiger partial charge in [0.1, 0.15) is 30.3 Å². The Balaban J connectivity index is 2.07. The van der Waals surface area contributed by atoms with Crippen molar-refractivity contribution in [3.63, 3.8) is 0 Å². The second-order valence-corrected chi connectivity index (χ2v) is 18.8. The van der Waals surface area contributed by atoms with Crippen LogP contribution >= 0.6 is 0 Å². The molecule has 0 saturated carbocycles. The van der Waals surface area contributed by atoms with E-state index < -0.39 is 159 Å². The van der Waals surface area contributed by atoms with Crippen molar-refractivity contribution in [2.75, 3.05) is 19.6 Å². The van der Waals surface area contributed by atoms with E-state index in [2.05, 4.69) is 46.9 Å². The van der Waals surface area contributed by atoms with Gasteiger partial charge in [0.2, 0.25) is 17.7 Å². The molecule has 0 bridgehead atoms. The van der Waals surface area contributed by atoms with E-state index in [0.717, 1.165) is 57.2 Å². The lowest BCUT2D eigenvalue weighted by Gasteiger charge is -2.30. The highest BCUT2D eigenvalue weighted by Gasteiger charge is 2.40. The number of hydrogen-bond donors (Lipinski definition) is 20. The second-order valence-electron chi connectivity index (χ2n) is 18.8. The molecule has 26 N–H and O–H groups in total. The molecular weight excluding hydrogens is 1130 g/mol. The Labute approximate surface area is 484 Å². The predicted octanol–water partition coefficient (Wildman–Crippen LogP) is -4.44. The van der Waals surface area contributed by atoms with Crippen molar-refractivity contribution in [1.82, 2.24) is 31.9 Å². The zero-order chi connectivity index (χ0) is 63.8. The molecule has 0 fully saturated rings. The summed E-state index contributed by atoms with van der Waals surface area (Å²) in [5.41, 5.74) is 31.0. The molecule has 0 heterocycles. The van der Waals surface area contributed by atoms with Crippen molar-refractivity contribution < 1.29 is 93.5 Å². The number of aliphatic imine (C=N–C) groups is 3. The summed E-state index contributed by atoms with van der Waals surface area (Å²) in [6.45, 7) is 2.70. The molecule has 9 atom stereocenters. The van der Waals surface area contributed by atoms with Crippen LogP contribution < -0.4 is 66.3 Å². The van der Waals surface area contributed by atoms with Crippen molar-refractivity contribution in [3.8, 4) is 34.5 Å². The first kappa shape index (κ1) is 68.7. The molecule has 0 aliphatic rings. The summed E-state index contributed by atoms with van der Waals surface area (Å²) in [6.07, 6.45) is -6.72. The summed E-state index contributed by atoms with van der Waals surface area (Å²) >= 11 is 0. The van der Waals surface area contributed by atoms with Crippen LogP contribution in [0.1, 0.15) is 90.4 Å². The van der Waals surface area contributed by atoms with E-state index in [0.29, 0.717) is 0 Å². The number of ether oxygens (including phenoxy) is 2. The minimum Gasteiger partial charge on any atom is -0.504 e. The number of carboxylic acid groups (broad SMARTS) is 1. The number of amides is 6. The number of phenols is 6. The zero-order valence-corrected chi connectivity index (χ0v) is 46.1. The molecule has 0 aliphatic carbocycles. The fourth-order valence-corrected chi connectivity index (χ4v) is 7.70. The molecule has 6 amide bonds. The van der Waals surface area contributed by atoms with Gasteiger partial charge in [-0.15, -0.1) is 0 Å². The van der Waals surface area contributed by atoms with Crippen LogP contribution in [0.15, 0.2) is 69.6 Å². The number of hydrogen-bond acceptors (Lipinski definition) is 21. The Morgan fingerprint density at radius 2 is 0.729 bits per heavy atom. The molecule has 0 aliphatic heterocycles. The van der Waals surface area contributed by atoms with E-state index >= 15 is 0 Å². The average Bonchev–Trinajstić information content (AvgIpc) is 3.52. The number of carbonyl (C=O) groups is 9. The van der Waals surface area contributed by atoms with Crippen LogP contribution in [0.2, 0.25) is 0 Å². The third-order valence-electron chi connectivity index (χ3n) is 12.2. The van der Waals surface area contributed by atoms with Gasteiger partial charge in [-0.1, -0.05) is 18.2 Å². The van der Waals surface area contributed by atoms with Gasteiger partial charge in [-0.05, 0) is 95.7 Å². The number of carboxylic acids is 1. The van der Waals surface area contributed by atoms with E-state index in [1.54, 1.807) is 0 Å². The summed E-state index contributed by atoms with van der Waals surface area (Å²) < 4.78 is 11.1. The SMILES string of the molecule is CC(O)C(NC(=O)C(CCCN=C(N)N)NC(=O)c1cccc(O)c1O)C(=O)OC(C)C(NC(=O)C(CCCN=C(N)N)NC(=O)c1cccc(O)c1O)C(=O)OC(C)C(NC(=O)C(CCCN=C(N)N)NC(=O)c1cccc(O)c1O)C(=O)O. The Kier molecular flexibility index (Phi) is 26.5. The molecule has 464 valence electrons. The Bertz CT molecular complexity index is 2980. The summed E-state index contributed by atoms with van der Waals surface area (Å²) in [4.78, 5) is 135. The minimum atomic E-state index is -2.25. The number of aromatic hydroxyl groups is 6. The van der Waals surface area contributed by atoms with Gasteiger partial charge in [-0.2, -0.15) is 0 Å². The Morgan fingerprint density at radius 1 is 0.447 bits per heavy atom. The monoisotopic (exact) mass is 1200 g/mol. The van der Waals surface area contributed by atoms with Gasteiger partial charge < -0.3 is 117 Å². The lowest BCUT2D eigenvalue weighted by molar-refractivity contribution is -0.167. The highest BCUT2D eigenvalue weighted by atomic mass is 16.6. The average molecular weight is 1200 g/mol. The largest absolute Gasteiger partial charge is 0.504 e. The van der Waals surface area contributed by atoms with Crippen LogP contribution in [0.3, 0.4) is 0 Å². The Morgan fingerprint density at radius 3 is 1.02 bits per heavy atom. The molecule has 0 radical (unpaired) electrons. The number of aliphatic hydroxyl groups is 1. The van der Waals surface area contributed by atoms with Gasteiger partial charge in [0.25, 0.3) is 17.7 Å². The number of esters is 2. The number of aliphatic carboxylic acids is 1. The number of benzene rings is 3. The third kappa shape index (κ3) is 21.4. The van der Waals surface area contributed by atoms with Crippen LogP contribution in [0.4, 0.5) is 0 Å². The summed E-state index contributed by atoms with van der Waals surface area (Å²) in [5.74, 6) is -17.6. The fraction of sp³-hybridized carbons (Fsp3) is 0.412. The van der Waals surface area contributed by atoms with E-state index in [1.807, 2.05) is 0 Å². The number of rotatable bonds is 32. The molecule has 3 aromatic carbocycles. The molecule has 9 unspecified atom stereocenters. The highest BCUT2D eigenvalue weighted by Crippen LogP contribution is 2.30. The molecule has 85 heavy (non-hydrogen) atoms. The molecule has 34 heteroatoms. The number of nitrogens with two attached hydrogens (primary N) is 6. The molecule has 0 spiro atoms. The van der Waals surface area contributed by atoms with Crippen molar-refractivity contribution in [1.29, 1.82) is 0 Å².